The number of carboxylic acid groups (broad SMARTS) is 1. The van der Waals surface area contributed by atoms with Gasteiger partial charge >= 0.3 is 29.6 Å². The number of rotatable bonds is 4. The van der Waals surface area contributed by atoms with E-state index in [-0.39, 0.29) is 47.1 Å². The third kappa shape index (κ3) is 2.49. The van der Waals surface area contributed by atoms with Crippen LogP contribution >= 0.6 is 11.3 Å². The van der Waals surface area contributed by atoms with Crippen molar-refractivity contribution in [3.8, 4) is 0 Å². The van der Waals surface area contributed by atoms with Crippen LogP contribution in [-0.4, -0.2) is 49.2 Å². The molecule has 2 aromatic rings. The fourth-order valence-electron chi connectivity index (χ4n) is 3.74. The van der Waals surface area contributed by atoms with Gasteiger partial charge in [0.15, 0.2) is 5.78 Å². The monoisotopic (exact) mass is 383 g/mol. The Morgan fingerprint density at radius 2 is 2.15 bits per heavy atom. The zero-order valence-corrected chi connectivity index (χ0v) is 17.2. The van der Waals surface area contributed by atoms with Crippen LogP contribution in [0.1, 0.15) is 36.5 Å². The molecule has 1 amide bonds. The van der Waals surface area contributed by atoms with E-state index < -0.39 is 23.9 Å². The average Bonchev–Trinajstić information content (AvgIpc) is 3.16. The number of amides is 1. The Balaban J connectivity index is 0.00000196. The van der Waals surface area contributed by atoms with Crippen molar-refractivity contribution in [2.45, 2.75) is 32.4 Å². The second-order valence-corrected chi connectivity index (χ2v) is 7.16. The predicted molar refractivity (Wildman–Crippen MR) is 85.4 cm³/mol. The fourth-order valence-corrected chi connectivity index (χ4v) is 4.78. The first-order valence-corrected chi connectivity index (χ1v) is 8.62. The predicted octanol–water partition coefficient (Wildman–Crippen LogP) is -3.33. The number of aliphatic hydroxyl groups excluding tert-OH is 1. The number of aliphatic carboxylic acids is 1. The maximum absolute atomic E-state index is 12.3. The molecule has 3 atom stereocenters. The Morgan fingerprint density at radius 3 is 2.73 bits per heavy atom. The summed E-state index contributed by atoms with van der Waals surface area (Å²) in [5.41, 5.74) is 1.20. The van der Waals surface area contributed by atoms with E-state index in [4.69, 9.17) is 0 Å². The zero-order chi connectivity index (χ0) is 18.0. The number of carbonyl (C=O) groups excluding carboxylic acids is 3. The van der Waals surface area contributed by atoms with Gasteiger partial charge in [-0.1, -0.05) is 0 Å². The van der Waals surface area contributed by atoms with Gasteiger partial charge in [0.05, 0.1) is 35.4 Å². The van der Waals surface area contributed by atoms with E-state index in [9.17, 15) is 24.6 Å². The van der Waals surface area contributed by atoms with Gasteiger partial charge < -0.3 is 19.9 Å². The van der Waals surface area contributed by atoms with Crippen LogP contribution in [0.3, 0.4) is 0 Å². The molecular formula is C16H14N3NaO5S. The number of carboxylic acids is 1. The summed E-state index contributed by atoms with van der Waals surface area (Å²) < 4.78 is 1.66. The molecule has 8 nitrogen and oxygen atoms in total. The number of hydrogen-bond donors (Lipinski definition) is 1. The maximum Gasteiger partial charge on any atom is 1.00 e. The standard InChI is InChI=1S/C16H15N3O5S.Na/c1-6(20)11-9-3-8(13(16(23)24)19(9)14(11)22)10-4-25-15-12(7(2)21)17-5-18(10)15;/h4-6,9,11,20H,3H2,1-2H3,(H,23,24);/q;+1/p-1/t6-,9-,11-;/m1./s1. The molecule has 10 heteroatoms. The van der Waals surface area contributed by atoms with Gasteiger partial charge in [0.2, 0.25) is 5.91 Å². The van der Waals surface area contributed by atoms with Crippen LogP contribution in [0.5, 0.6) is 0 Å². The number of aromatic nitrogens is 2. The number of nitrogens with zero attached hydrogens (tertiary/aromatic N) is 3. The van der Waals surface area contributed by atoms with E-state index in [0.717, 1.165) is 0 Å². The van der Waals surface area contributed by atoms with Crippen molar-refractivity contribution in [3.63, 3.8) is 0 Å². The van der Waals surface area contributed by atoms with E-state index in [1.165, 1.54) is 36.4 Å². The van der Waals surface area contributed by atoms with Crippen molar-refractivity contribution >= 4 is 39.4 Å². The number of fused-ring (bicyclic) bond motifs is 2. The van der Waals surface area contributed by atoms with E-state index in [1.54, 1.807) is 9.78 Å². The first kappa shape index (κ1) is 19.2. The van der Waals surface area contributed by atoms with E-state index in [0.29, 0.717) is 28.2 Å². The fraction of sp³-hybridized carbons (Fsp3) is 0.375. The van der Waals surface area contributed by atoms with Crippen LogP contribution in [0.25, 0.3) is 10.4 Å². The number of carbonyl (C=O) groups is 3. The van der Waals surface area contributed by atoms with Crippen molar-refractivity contribution in [2.75, 3.05) is 0 Å². The summed E-state index contributed by atoms with van der Waals surface area (Å²) in [6.07, 6.45) is 0.932. The molecule has 26 heavy (non-hydrogen) atoms. The molecule has 0 saturated carbocycles. The third-order valence-corrected chi connectivity index (χ3v) is 5.78. The van der Waals surface area contributed by atoms with Gasteiger partial charge in [-0.15, -0.1) is 11.3 Å². The van der Waals surface area contributed by atoms with Gasteiger partial charge in [-0.2, -0.15) is 0 Å². The first-order chi connectivity index (χ1) is 11.8. The van der Waals surface area contributed by atoms with Crippen LogP contribution in [-0.2, 0) is 9.59 Å². The smallest absolute Gasteiger partial charge is 0.543 e. The molecule has 1 fully saturated rings. The summed E-state index contributed by atoms with van der Waals surface area (Å²) in [6, 6.07) is -0.388. The summed E-state index contributed by atoms with van der Waals surface area (Å²) in [6.45, 7) is 2.94. The quantitative estimate of drug-likeness (QED) is 0.336. The molecule has 1 saturated heterocycles. The number of β-lactam (4-membered cyclic amide) rings is 1. The minimum absolute atomic E-state index is 0. The number of ketones is 1. The van der Waals surface area contributed by atoms with E-state index in [1.807, 2.05) is 0 Å². The molecule has 0 aliphatic carbocycles. The van der Waals surface area contributed by atoms with Gasteiger partial charge in [-0.25, -0.2) is 4.98 Å². The van der Waals surface area contributed by atoms with Gasteiger partial charge in [0.25, 0.3) is 0 Å². The molecule has 0 unspecified atom stereocenters. The van der Waals surface area contributed by atoms with Crippen LogP contribution < -0.4 is 34.7 Å². The third-order valence-electron chi connectivity index (χ3n) is 4.83. The molecule has 0 aromatic carbocycles. The van der Waals surface area contributed by atoms with Crippen LogP contribution in [0.2, 0.25) is 0 Å². The molecule has 4 heterocycles. The topological polar surface area (TPSA) is 115 Å². The first-order valence-electron chi connectivity index (χ1n) is 7.74. The molecule has 2 aromatic heterocycles. The molecule has 0 radical (unpaired) electrons. The van der Waals surface area contributed by atoms with Crippen LogP contribution in [0.4, 0.5) is 0 Å². The average molecular weight is 383 g/mol. The Bertz CT molecular complexity index is 976. The van der Waals surface area contributed by atoms with Gasteiger partial charge in [0, 0.05) is 17.9 Å². The van der Waals surface area contributed by atoms with E-state index in [2.05, 4.69) is 4.98 Å². The van der Waals surface area contributed by atoms with Crippen molar-refractivity contribution in [1.29, 1.82) is 0 Å². The zero-order valence-electron chi connectivity index (χ0n) is 14.4. The number of thiazole rings is 1. The summed E-state index contributed by atoms with van der Waals surface area (Å²) in [5.74, 6) is -2.63. The number of hydrogen-bond acceptors (Lipinski definition) is 7. The summed E-state index contributed by atoms with van der Waals surface area (Å²) in [4.78, 5) is 41.5. The van der Waals surface area contributed by atoms with Gasteiger partial charge in [-0.05, 0) is 13.3 Å². The van der Waals surface area contributed by atoms with E-state index >= 15 is 0 Å². The number of imidazole rings is 1. The second kappa shape index (κ2) is 6.58. The molecule has 4 rings (SSSR count). The molecule has 130 valence electrons. The molecule has 2 aliphatic heterocycles. The molecule has 0 spiro atoms. The Hall–Kier alpha value is -1.52. The van der Waals surface area contributed by atoms with Crippen molar-refractivity contribution in [1.82, 2.24) is 14.3 Å². The minimum Gasteiger partial charge on any atom is -0.543 e. The van der Waals surface area contributed by atoms with Crippen molar-refractivity contribution in [3.05, 3.63) is 28.8 Å². The Morgan fingerprint density at radius 1 is 1.46 bits per heavy atom. The number of Topliss-reactive ketones (excluding diaryl/α,β-unsaturated/α-hetero) is 1. The van der Waals surface area contributed by atoms with Gasteiger partial charge in [-0.3, -0.25) is 14.0 Å². The summed E-state index contributed by atoms with van der Waals surface area (Å²) >= 11 is 1.29. The van der Waals surface area contributed by atoms with Gasteiger partial charge in [0.1, 0.15) is 16.9 Å². The molecule has 1 N–H and O–H groups in total. The second-order valence-electron chi connectivity index (χ2n) is 6.31. The maximum atomic E-state index is 12.3. The summed E-state index contributed by atoms with van der Waals surface area (Å²) in [5, 5.41) is 23.2. The SMILES string of the molecule is CC(=O)c1ncn2c(C3=C(C(=O)[O-])N4C(=O)[C@H]([C@@H](C)O)[C@H]4C3)csc12.[Na+]. The molecule has 2 aliphatic rings. The molecular weight excluding hydrogens is 369 g/mol. The number of aliphatic hydroxyl groups is 1. The van der Waals surface area contributed by atoms with Crippen molar-refractivity contribution < 1.29 is 54.2 Å². The van der Waals surface area contributed by atoms with Crippen molar-refractivity contribution in [2.24, 2.45) is 5.92 Å². The molecule has 0 bridgehead atoms. The summed E-state index contributed by atoms with van der Waals surface area (Å²) in [7, 11) is 0. The van der Waals surface area contributed by atoms with Crippen LogP contribution in [0, 0.1) is 5.92 Å². The minimum atomic E-state index is -1.43. The normalized spacial score (nSPS) is 22.9. The largest absolute Gasteiger partial charge is 1.00 e. The van der Waals surface area contributed by atoms with Crippen LogP contribution in [0.15, 0.2) is 17.4 Å². The Kier molecular flexibility index (Phi) is 4.87. The Labute approximate surface area is 174 Å².